The van der Waals surface area contributed by atoms with E-state index in [9.17, 15) is 14.4 Å². The van der Waals surface area contributed by atoms with Gasteiger partial charge in [0, 0.05) is 11.5 Å². The van der Waals surface area contributed by atoms with Crippen molar-refractivity contribution in [2.45, 2.75) is 45.1 Å². The van der Waals surface area contributed by atoms with Crippen LogP contribution in [0.5, 0.6) is 0 Å². The molecule has 3 rings (SSSR count). The molecule has 1 saturated heterocycles. The first-order chi connectivity index (χ1) is 12.1. The van der Waals surface area contributed by atoms with Crippen molar-refractivity contribution in [3.05, 3.63) is 16.0 Å². The molecule has 1 amide bonds. The van der Waals surface area contributed by atoms with Gasteiger partial charge in [-0.05, 0) is 44.6 Å². The Balaban J connectivity index is 1.62. The zero-order valence-electron chi connectivity index (χ0n) is 14.1. The molecule has 7 nitrogen and oxygen atoms in total. The van der Waals surface area contributed by atoms with Crippen LogP contribution in [0.2, 0.25) is 0 Å². The van der Waals surface area contributed by atoms with Crippen LogP contribution in [0.4, 0.5) is 5.00 Å². The summed E-state index contributed by atoms with van der Waals surface area (Å²) in [6.45, 7) is 2.16. The minimum Gasteiger partial charge on any atom is -0.462 e. The molecule has 0 spiro atoms. The number of carbonyl (C=O) groups excluding carboxylic acids is 3. The number of nitrogens with one attached hydrogen (secondary N) is 1. The summed E-state index contributed by atoms with van der Waals surface area (Å²) in [4.78, 5) is 37.2. The van der Waals surface area contributed by atoms with Gasteiger partial charge >= 0.3 is 11.9 Å². The molecule has 2 aliphatic rings. The molecule has 136 valence electrons. The van der Waals surface area contributed by atoms with Gasteiger partial charge in [-0.2, -0.15) is 0 Å². The highest BCUT2D eigenvalue weighted by atomic mass is 32.1. The molecule has 0 aromatic carbocycles. The van der Waals surface area contributed by atoms with E-state index in [1.54, 1.807) is 6.92 Å². The van der Waals surface area contributed by atoms with Crippen molar-refractivity contribution in [3.8, 4) is 0 Å². The predicted molar refractivity (Wildman–Crippen MR) is 90.9 cm³/mol. The Kier molecular flexibility index (Phi) is 5.70. The molecular weight excluding hydrogens is 346 g/mol. The van der Waals surface area contributed by atoms with Gasteiger partial charge in [0.15, 0.2) is 12.7 Å². The molecule has 1 aliphatic heterocycles. The summed E-state index contributed by atoms with van der Waals surface area (Å²) in [6, 6.07) is 0. The van der Waals surface area contributed by atoms with Gasteiger partial charge in [0.1, 0.15) is 5.00 Å². The van der Waals surface area contributed by atoms with E-state index in [4.69, 9.17) is 14.2 Å². The molecular formula is C17H21NO6S. The van der Waals surface area contributed by atoms with Gasteiger partial charge in [0.25, 0.3) is 5.91 Å². The third kappa shape index (κ3) is 4.01. The number of carbonyl (C=O) groups is 3. The van der Waals surface area contributed by atoms with E-state index in [2.05, 4.69) is 5.32 Å². The molecule has 1 atom stereocenters. The van der Waals surface area contributed by atoms with Crippen molar-refractivity contribution in [1.29, 1.82) is 0 Å². The molecule has 25 heavy (non-hydrogen) atoms. The lowest BCUT2D eigenvalue weighted by Gasteiger charge is -2.10. The standard InChI is InChI=1S/C17H21NO6S/c1-2-22-17(21)14-10-5-3-7-12(10)25-15(14)18-13(19)9-24-16(20)11-6-4-8-23-11/h11H,2-9H2,1H3,(H,18,19)/t11-/m0/s1. The fourth-order valence-electron chi connectivity index (χ4n) is 3.07. The van der Waals surface area contributed by atoms with Crippen molar-refractivity contribution >= 4 is 34.2 Å². The quantitative estimate of drug-likeness (QED) is 0.774. The van der Waals surface area contributed by atoms with Crippen LogP contribution < -0.4 is 5.32 Å². The van der Waals surface area contributed by atoms with Gasteiger partial charge < -0.3 is 19.5 Å². The first kappa shape index (κ1) is 17.9. The minimum atomic E-state index is -0.576. The van der Waals surface area contributed by atoms with E-state index >= 15 is 0 Å². The van der Waals surface area contributed by atoms with Gasteiger partial charge in [-0.15, -0.1) is 11.3 Å². The minimum absolute atomic E-state index is 0.274. The number of aryl methyl sites for hydroxylation is 1. The topological polar surface area (TPSA) is 90.9 Å². The lowest BCUT2D eigenvalue weighted by molar-refractivity contribution is -0.156. The Morgan fingerprint density at radius 3 is 2.80 bits per heavy atom. The Morgan fingerprint density at radius 1 is 1.24 bits per heavy atom. The van der Waals surface area contributed by atoms with Crippen LogP contribution >= 0.6 is 11.3 Å². The molecule has 8 heteroatoms. The molecule has 1 N–H and O–H groups in total. The fraction of sp³-hybridized carbons (Fsp3) is 0.588. The second kappa shape index (κ2) is 7.97. The van der Waals surface area contributed by atoms with Crippen LogP contribution in [0.25, 0.3) is 0 Å². The van der Waals surface area contributed by atoms with Gasteiger partial charge in [-0.1, -0.05) is 0 Å². The zero-order chi connectivity index (χ0) is 17.8. The number of hydrogen-bond donors (Lipinski definition) is 1. The molecule has 0 radical (unpaired) electrons. The van der Waals surface area contributed by atoms with Gasteiger partial charge in [0.2, 0.25) is 0 Å². The summed E-state index contributed by atoms with van der Waals surface area (Å²) >= 11 is 1.39. The number of anilines is 1. The molecule has 0 bridgehead atoms. The molecule has 1 aliphatic carbocycles. The SMILES string of the molecule is CCOC(=O)c1c(NC(=O)COC(=O)[C@@H]2CCCO2)sc2c1CCC2. The van der Waals surface area contributed by atoms with E-state index in [1.165, 1.54) is 11.3 Å². The molecule has 1 aromatic heterocycles. The maximum atomic E-state index is 12.2. The number of ether oxygens (including phenoxy) is 3. The zero-order valence-corrected chi connectivity index (χ0v) is 14.9. The Morgan fingerprint density at radius 2 is 2.08 bits per heavy atom. The number of fused-ring (bicyclic) bond motifs is 1. The lowest BCUT2D eigenvalue weighted by Crippen LogP contribution is -2.27. The van der Waals surface area contributed by atoms with Crippen LogP contribution in [-0.2, 0) is 36.6 Å². The predicted octanol–water partition coefficient (Wildman–Crippen LogP) is 2.07. The van der Waals surface area contributed by atoms with Crippen LogP contribution in [-0.4, -0.2) is 43.8 Å². The van der Waals surface area contributed by atoms with Crippen LogP contribution in [0.1, 0.15) is 47.0 Å². The largest absolute Gasteiger partial charge is 0.462 e. The molecule has 0 saturated carbocycles. The molecule has 2 heterocycles. The Hall–Kier alpha value is -1.93. The maximum Gasteiger partial charge on any atom is 0.341 e. The van der Waals surface area contributed by atoms with Crippen molar-refractivity contribution in [2.24, 2.45) is 0 Å². The van der Waals surface area contributed by atoms with E-state index in [0.29, 0.717) is 23.6 Å². The number of rotatable bonds is 6. The van der Waals surface area contributed by atoms with Crippen LogP contribution in [0.3, 0.4) is 0 Å². The third-order valence-corrected chi connectivity index (χ3v) is 5.40. The van der Waals surface area contributed by atoms with Gasteiger partial charge in [0.05, 0.1) is 12.2 Å². The Bertz CT molecular complexity index is 677. The number of amides is 1. The van der Waals surface area contributed by atoms with Crippen molar-refractivity contribution < 1.29 is 28.6 Å². The van der Waals surface area contributed by atoms with Crippen molar-refractivity contribution in [1.82, 2.24) is 0 Å². The Labute approximate surface area is 149 Å². The summed E-state index contributed by atoms with van der Waals surface area (Å²) in [5.74, 6) is -1.42. The number of thiophene rings is 1. The highest BCUT2D eigenvalue weighted by molar-refractivity contribution is 7.17. The first-order valence-corrected chi connectivity index (χ1v) is 9.31. The molecule has 0 unspecified atom stereocenters. The van der Waals surface area contributed by atoms with E-state index in [-0.39, 0.29) is 6.61 Å². The summed E-state index contributed by atoms with van der Waals surface area (Å²) in [5.41, 5.74) is 1.41. The maximum absolute atomic E-state index is 12.2. The third-order valence-electron chi connectivity index (χ3n) is 4.19. The van der Waals surface area contributed by atoms with E-state index in [0.717, 1.165) is 36.1 Å². The van der Waals surface area contributed by atoms with Crippen LogP contribution in [0, 0.1) is 0 Å². The summed E-state index contributed by atoms with van der Waals surface area (Å²) in [7, 11) is 0. The monoisotopic (exact) mass is 367 g/mol. The lowest BCUT2D eigenvalue weighted by atomic mass is 10.1. The van der Waals surface area contributed by atoms with E-state index < -0.39 is 30.6 Å². The second-order valence-electron chi connectivity index (χ2n) is 5.94. The molecule has 1 aromatic rings. The average molecular weight is 367 g/mol. The number of hydrogen-bond acceptors (Lipinski definition) is 7. The van der Waals surface area contributed by atoms with Gasteiger partial charge in [-0.25, -0.2) is 9.59 Å². The van der Waals surface area contributed by atoms with Crippen molar-refractivity contribution in [3.63, 3.8) is 0 Å². The highest BCUT2D eigenvalue weighted by Gasteiger charge is 2.29. The summed E-state index contributed by atoms with van der Waals surface area (Å²) in [6.07, 6.45) is 3.57. The summed E-state index contributed by atoms with van der Waals surface area (Å²) in [5, 5.41) is 3.16. The summed E-state index contributed by atoms with van der Waals surface area (Å²) < 4.78 is 15.3. The smallest absolute Gasteiger partial charge is 0.341 e. The second-order valence-corrected chi connectivity index (χ2v) is 7.04. The van der Waals surface area contributed by atoms with Crippen LogP contribution in [0.15, 0.2) is 0 Å². The van der Waals surface area contributed by atoms with E-state index in [1.807, 2.05) is 0 Å². The van der Waals surface area contributed by atoms with Gasteiger partial charge in [-0.3, -0.25) is 4.79 Å². The average Bonchev–Trinajstić information content (AvgIpc) is 3.29. The molecule has 1 fully saturated rings. The fourth-order valence-corrected chi connectivity index (χ4v) is 4.36. The highest BCUT2D eigenvalue weighted by Crippen LogP contribution is 2.39. The normalized spacial score (nSPS) is 18.7. The van der Waals surface area contributed by atoms with Crippen molar-refractivity contribution in [2.75, 3.05) is 25.1 Å². The first-order valence-electron chi connectivity index (χ1n) is 8.50. The number of esters is 2.